The number of hydrogen-bond donors (Lipinski definition) is 3. The van der Waals surface area contributed by atoms with Gasteiger partial charge >= 0.3 is 0 Å². The Balaban J connectivity index is 2.83. The van der Waals surface area contributed by atoms with Crippen molar-refractivity contribution < 1.29 is 19.6 Å². The molecule has 1 rings (SSSR count). The number of carbonyl (C=O) groups excluding carboxylic acids is 3. The number of rotatable bonds is 12. The van der Waals surface area contributed by atoms with Crippen molar-refractivity contribution in [2.24, 2.45) is 11.8 Å². The first-order valence-electron chi connectivity index (χ1n) is 9.98. The second-order valence-electron chi connectivity index (χ2n) is 7.24. The van der Waals surface area contributed by atoms with Crippen molar-refractivity contribution in [2.75, 3.05) is 25.1 Å². The number of nitrogens with zero attached hydrogens (tertiary/aromatic N) is 1. The third-order valence-corrected chi connectivity index (χ3v) is 5.87. The molecule has 0 radical (unpaired) electrons. The predicted octanol–water partition coefficient (Wildman–Crippen LogP) is 2.18. The van der Waals surface area contributed by atoms with Crippen LogP contribution in [0.15, 0.2) is 0 Å². The molecule has 0 aromatic carbocycles. The number of thioether (sulfide) groups is 1. The molecule has 0 aromatic rings. The van der Waals surface area contributed by atoms with Crippen molar-refractivity contribution in [3.05, 3.63) is 0 Å². The van der Waals surface area contributed by atoms with Crippen LogP contribution in [0.5, 0.6) is 0 Å². The molecule has 1 heterocycles. The molecule has 156 valence electrons. The molecule has 1 aliphatic heterocycles. The number of likely N-dealkylation sites (tertiary alicyclic amines) is 1. The van der Waals surface area contributed by atoms with Crippen LogP contribution in [-0.2, 0) is 14.4 Å². The fourth-order valence-corrected chi connectivity index (χ4v) is 3.91. The van der Waals surface area contributed by atoms with E-state index in [4.69, 9.17) is 5.21 Å². The third kappa shape index (κ3) is 7.70. The van der Waals surface area contributed by atoms with Crippen molar-refractivity contribution >= 4 is 29.5 Å². The van der Waals surface area contributed by atoms with Gasteiger partial charge in [0.15, 0.2) is 0 Å². The lowest BCUT2D eigenvalue weighted by atomic mass is 9.87. The minimum Gasteiger partial charge on any atom is -0.344 e. The summed E-state index contributed by atoms with van der Waals surface area (Å²) in [6, 6.07) is -0.555. The van der Waals surface area contributed by atoms with E-state index in [0.29, 0.717) is 12.8 Å². The van der Waals surface area contributed by atoms with Crippen molar-refractivity contribution in [1.82, 2.24) is 15.7 Å². The molecule has 27 heavy (non-hydrogen) atoms. The number of hydrogen-bond acceptors (Lipinski definition) is 5. The third-order valence-electron chi connectivity index (χ3n) is 5.23. The van der Waals surface area contributed by atoms with Gasteiger partial charge in [0.2, 0.25) is 17.7 Å². The summed E-state index contributed by atoms with van der Waals surface area (Å²) in [5.74, 6) is -1.32. The van der Waals surface area contributed by atoms with Gasteiger partial charge in [0.05, 0.1) is 0 Å². The summed E-state index contributed by atoms with van der Waals surface area (Å²) < 4.78 is 0. The summed E-state index contributed by atoms with van der Waals surface area (Å²) in [6.45, 7) is 5.20. The number of nitrogens with one attached hydrogen (secondary N) is 2. The molecule has 3 atom stereocenters. The van der Waals surface area contributed by atoms with Crippen molar-refractivity contribution in [1.29, 1.82) is 0 Å². The molecule has 1 saturated heterocycles. The summed E-state index contributed by atoms with van der Waals surface area (Å²) in [5.41, 5.74) is 1.65. The monoisotopic (exact) mass is 401 g/mol. The van der Waals surface area contributed by atoms with Gasteiger partial charge in [-0.3, -0.25) is 19.6 Å². The lowest BCUT2D eigenvalue weighted by Crippen LogP contribution is -2.51. The van der Waals surface area contributed by atoms with Crippen LogP contribution in [0, 0.1) is 11.8 Å². The second kappa shape index (κ2) is 13.0. The molecular formula is C19H35N3O4S. The molecule has 2 unspecified atom stereocenters. The fraction of sp³-hybridized carbons (Fsp3) is 0.842. The number of hydroxylamine groups is 1. The van der Waals surface area contributed by atoms with Crippen LogP contribution in [0.2, 0.25) is 0 Å². The topological polar surface area (TPSA) is 98.7 Å². The van der Waals surface area contributed by atoms with Crippen molar-refractivity contribution in [3.63, 3.8) is 0 Å². The molecule has 1 fully saturated rings. The molecule has 3 amide bonds. The summed E-state index contributed by atoms with van der Waals surface area (Å²) in [7, 11) is 0. The Hall–Kier alpha value is -1.28. The maximum absolute atomic E-state index is 12.9. The Kier molecular flexibility index (Phi) is 11.4. The number of carbonyl (C=O) groups is 3. The highest BCUT2D eigenvalue weighted by Crippen LogP contribution is 2.21. The molecule has 8 heteroatoms. The lowest BCUT2D eigenvalue weighted by Gasteiger charge is -2.27. The first kappa shape index (κ1) is 23.8. The average Bonchev–Trinajstić information content (AvgIpc) is 3.21. The Labute approximate surface area is 167 Å². The first-order valence-corrected chi connectivity index (χ1v) is 11.4. The number of amides is 3. The van der Waals surface area contributed by atoms with Gasteiger partial charge in [-0.05, 0) is 37.7 Å². The fourth-order valence-electron chi connectivity index (χ4n) is 3.44. The van der Waals surface area contributed by atoms with Crippen LogP contribution < -0.4 is 10.8 Å². The quantitative estimate of drug-likeness (QED) is 0.264. The summed E-state index contributed by atoms with van der Waals surface area (Å²) in [4.78, 5) is 39.4. The minimum absolute atomic E-state index is 0.0264. The normalized spacial score (nSPS) is 17.3. The molecule has 3 N–H and O–H groups in total. The van der Waals surface area contributed by atoms with Gasteiger partial charge in [-0.15, -0.1) is 0 Å². The Morgan fingerprint density at radius 2 is 1.78 bits per heavy atom. The highest BCUT2D eigenvalue weighted by Gasteiger charge is 2.33. The molecular weight excluding hydrogens is 366 g/mol. The highest BCUT2D eigenvalue weighted by molar-refractivity contribution is 7.98. The molecule has 1 aliphatic rings. The Bertz CT molecular complexity index is 484. The zero-order chi connectivity index (χ0) is 20.2. The van der Waals surface area contributed by atoms with E-state index in [-0.39, 0.29) is 11.8 Å². The minimum atomic E-state index is -0.657. The van der Waals surface area contributed by atoms with E-state index < -0.39 is 23.8 Å². The van der Waals surface area contributed by atoms with E-state index in [2.05, 4.69) is 12.2 Å². The largest absolute Gasteiger partial charge is 0.344 e. The summed E-state index contributed by atoms with van der Waals surface area (Å²) in [5, 5.41) is 11.9. The van der Waals surface area contributed by atoms with Gasteiger partial charge in [0, 0.05) is 24.9 Å². The summed E-state index contributed by atoms with van der Waals surface area (Å²) in [6.07, 6.45) is 7.92. The zero-order valence-electron chi connectivity index (χ0n) is 16.8. The molecule has 0 saturated carbocycles. The maximum atomic E-state index is 12.9. The highest BCUT2D eigenvalue weighted by atomic mass is 32.2. The Morgan fingerprint density at radius 3 is 2.33 bits per heavy atom. The van der Waals surface area contributed by atoms with Gasteiger partial charge in [-0.25, -0.2) is 5.48 Å². The zero-order valence-corrected chi connectivity index (χ0v) is 17.6. The van der Waals surface area contributed by atoms with E-state index in [1.165, 1.54) is 0 Å². The smallest absolute Gasteiger partial charge is 0.246 e. The summed E-state index contributed by atoms with van der Waals surface area (Å²) >= 11 is 1.64. The molecule has 0 aromatic heterocycles. The van der Waals surface area contributed by atoms with E-state index in [9.17, 15) is 14.4 Å². The van der Waals surface area contributed by atoms with Gasteiger partial charge < -0.3 is 10.2 Å². The van der Waals surface area contributed by atoms with Gasteiger partial charge in [0.1, 0.15) is 6.04 Å². The van der Waals surface area contributed by atoms with Crippen molar-refractivity contribution in [3.8, 4) is 0 Å². The van der Waals surface area contributed by atoms with Crippen LogP contribution in [0.25, 0.3) is 0 Å². The van der Waals surface area contributed by atoms with E-state index in [1.54, 1.807) is 24.2 Å². The van der Waals surface area contributed by atoms with Gasteiger partial charge in [-0.2, -0.15) is 11.8 Å². The number of unbranched alkanes of at least 4 members (excludes halogenated alkanes) is 2. The van der Waals surface area contributed by atoms with Crippen LogP contribution in [-0.4, -0.2) is 59.0 Å². The maximum Gasteiger partial charge on any atom is 0.246 e. The van der Waals surface area contributed by atoms with Crippen LogP contribution in [0.4, 0.5) is 0 Å². The van der Waals surface area contributed by atoms with Gasteiger partial charge in [-0.1, -0.05) is 33.1 Å². The molecule has 7 nitrogen and oxygen atoms in total. The van der Waals surface area contributed by atoms with E-state index in [0.717, 1.165) is 50.9 Å². The average molecular weight is 402 g/mol. The standard InChI is InChI=1S/C19H35N3O4S/c1-4-5-6-9-15(14(2)17(23)21-26)18(24)20-16(10-13-27-3)19(25)22-11-7-8-12-22/h14-16,26H,4-13H2,1-3H3,(H,20,24)(H,21,23)/t14?,15?,16-/m1/s1. The van der Waals surface area contributed by atoms with Crippen LogP contribution in [0.3, 0.4) is 0 Å². The SMILES string of the molecule is CCCCCC(C(=O)N[C@H](CCSC)C(=O)N1CCCC1)C(C)C(=O)NO. The molecule has 0 aliphatic carbocycles. The van der Waals surface area contributed by atoms with Crippen LogP contribution >= 0.6 is 11.8 Å². The molecule has 0 bridgehead atoms. The Morgan fingerprint density at radius 1 is 1.11 bits per heavy atom. The molecule has 0 spiro atoms. The van der Waals surface area contributed by atoms with Gasteiger partial charge in [0.25, 0.3) is 0 Å². The lowest BCUT2D eigenvalue weighted by molar-refractivity contribution is -0.141. The predicted molar refractivity (Wildman–Crippen MR) is 107 cm³/mol. The van der Waals surface area contributed by atoms with Crippen LogP contribution in [0.1, 0.15) is 58.8 Å². The van der Waals surface area contributed by atoms with E-state index in [1.807, 2.05) is 11.2 Å². The second-order valence-corrected chi connectivity index (χ2v) is 8.23. The van der Waals surface area contributed by atoms with E-state index >= 15 is 0 Å². The first-order chi connectivity index (χ1) is 13.0. The van der Waals surface area contributed by atoms with Crippen molar-refractivity contribution in [2.45, 2.75) is 64.8 Å².